The summed E-state index contributed by atoms with van der Waals surface area (Å²) in [5.41, 5.74) is 1.99. The number of hydrogen-bond donors (Lipinski definition) is 2. The van der Waals surface area contributed by atoms with Gasteiger partial charge in [-0.1, -0.05) is 42.5 Å². The largest absolute Gasteiger partial charge is 0.486 e. The average Bonchev–Trinajstić information content (AvgIpc) is 3.40. The van der Waals surface area contributed by atoms with Gasteiger partial charge in [0.25, 0.3) is 11.8 Å². The van der Waals surface area contributed by atoms with Crippen molar-refractivity contribution < 1.29 is 18.7 Å². The fourth-order valence-corrected chi connectivity index (χ4v) is 3.72. The SMILES string of the molecule is O=C(Nc1cccc(CNC(=O)c2ccc(COc3ccc4ccccc4c3)o2)c1)c1ccncc1. The van der Waals surface area contributed by atoms with E-state index in [9.17, 15) is 9.59 Å². The molecule has 2 heterocycles. The lowest BCUT2D eigenvalue weighted by atomic mass is 10.1. The minimum absolute atomic E-state index is 0.203. The van der Waals surface area contributed by atoms with Crippen LogP contribution in [0.4, 0.5) is 5.69 Å². The molecule has 3 aromatic carbocycles. The monoisotopic (exact) mass is 477 g/mol. The second-order valence-electron chi connectivity index (χ2n) is 8.14. The van der Waals surface area contributed by atoms with Gasteiger partial charge in [0.05, 0.1) is 0 Å². The highest BCUT2D eigenvalue weighted by atomic mass is 16.5. The number of aromatic nitrogens is 1. The molecule has 0 aliphatic rings. The van der Waals surface area contributed by atoms with Crippen LogP contribution in [0.2, 0.25) is 0 Å². The summed E-state index contributed by atoms with van der Waals surface area (Å²) < 4.78 is 11.5. The molecule has 178 valence electrons. The molecular formula is C29H23N3O4. The zero-order valence-electron chi connectivity index (χ0n) is 19.3. The summed E-state index contributed by atoms with van der Waals surface area (Å²) in [6.07, 6.45) is 3.13. The Morgan fingerprint density at radius 1 is 0.806 bits per heavy atom. The van der Waals surface area contributed by atoms with Crippen LogP contribution in [0.1, 0.15) is 32.2 Å². The first kappa shape index (κ1) is 22.9. The van der Waals surface area contributed by atoms with Crippen LogP contribution in [0.5, 0.6) is 5.75 Å². The number of benzene rings is 3. The maximum Gasteiger partial charge on any atom is 0.287 e. The van der Waals surface area contributed by atoms with E-state index in [1.807, 2.05) is 60.7 Å². The maximum absolute atomic E-state index is 12.6. The predicted molar refractivity (Wildman–Crippen MR) is 137 cm³/mol. The zero-order chi connectivity index (χ0) is 24.7. The summed E-state index contributed by atoms with van der Waals surface area (Å²) in [6.45, 7) is 0.492. The molecule has 0 saturated carbocycles. The highest BCUT2D eigenvalue weighted by molar-refractivity contribution is 6.04. The van der Waals surface area contributed by atoms with Crippen molar-refractivity contribution in [2.75, 3.05) is 5.32 Å². The standard InChI is InChI=1S/C29H23N3O4/c33-28(22-12-14-30-15-13-22)32-24-7-3-4-20(16-24)18-31-29(34)27-11-10-26(36-27)19-35-25-9-8-21-5-1-2-6-23(21)17-25/h1-17H,18-19H2,(H,31,34)(H,32,33). The minimum Gasteiger partial charge on any atom is -0.486 e. The number of rotatable bonds is 8. The first-order valence-electron chi connectivity index (χ1n) is 11.4. The normalized spacial score (nSPS) is 10.7. The number of carbonyl (C=O) groups excluding carboxylic acids is 2. The number of anilines is 1. The highest BCUT2D eigenvalue weighted by Crippen LogP contribution is 2.22. The Balaban J connectivity index is 1.14. The Kier molecular flexibility index (Phi) is 6.71. The Hall–Kier alpha value is -4.91. The minimum atomic E-state index is -0.335. The maximum atomic E-state index is 12.6. The zero-order valence-corrected chi connectivity index (χ0v) is 19.3. The van der Waals surface area contributed by atoms with Gasteiger partial charge in [-0.3, -0.25) is 14.6 Å². The van der Waals surface area contributed by atoms with E-state index in [4.69, 9.17) is 9.15 Å². The van der Waals surface area contributed by atoms with Gasteiger partial charge in [-0.05, 0) is 64.9 Å². The molecular weight excluding hydrogens is 454 g/mol. The molecule has 7 heteroatoms. The number of furan rings is 1. The first-order chi connectivity index (χ1) is 17.6. The lowest BCUT2D eigenvalue weighted by molar-refractivity contribution is 0.0918. The molecule has 0 aliphatic heterocycles. The van der Waals surface area contributed by atoms with Crippen LogP contribution >= 0.6 is 0 Å². The fourth-order valence-electron chi connectivity index (χ4n) is 3.72. The van der Waals surface area contributed by atoms with Crippen LogP contribution in [0, 0.1) is 0 Å². The van der Waals surface area contributed by atoms with Gasteiger partial charge in [0.15, 0.2) is 5.76 Å². The van der Waals surface area contributed by atoms with E-state index in [0.717, 1.165) is 22.1 Å². The number of fused-ring (bicyclic) bond motifs is 1. The van der Waals surface area contributed by atoms with Crippen molar-refractivity contribution >= 4 is 28.3 Å². The molecule has 0 aliphatic carbocycles. The van der Waals surface area contributed by atoms with Gasteiger partial charge in [-0.15, -0.1) is 0 Å². The molecule has 36 heavy (non-hydrogen) atoms. The van der Waals surface area contributed by atoms with E-state index in [0.29, 0.717) is 17.0 Å². The highest BCUT2D eigenvalue weighted by Gasteiger charge is 2.12. The Morgan fingerprint density at radius 2 is 1.64 bits per heavy atom. The third-order valence-corrected chi connectivity index (χ3v) is 5.57. The molecule has 0 spiro atoms. The van der Waals surface area contributed by atoms with Crippen molar-refractivity contribution in [2.24, 2.45) is 0 Å². The van der Waals surface area contributed by atoms with E-state index < -0.39 is 0 Å². The molecule has 5 rings (SSSR count). The van der Waals surface area contributed by atoms with Crippen molar-refractivity contribution in [3.63, 3.8) is 0 Å². The van der Waals surface area contributed by atoms with Crippen molar-refractivity contribution in [1.82, 2.24) is 10.3 Å². The van der Waals surface area contributed by atoms with Gasteiger partial charge < -0.3 is 19.8 Å². The van der Waals surface area contributed by atoms with E-state index >= 15 is 0 Å². The molecule has 7 nitrogen and oxygen atoms in total. The molecule has 2 aromatic heterocycles. The van der Waals surface area contributed by atoms with Gasteiger partial charge in [-0.2, -0.15) is 0 Å². The number of amides is 2. The van der Waals surface area contributed by atoms with Gasteiger partial charge in [0.1, 0.15) is 18.1 Å². The van der Waals surface area contributed by atoms with Crippen molar-refractivity contribution in [1.29, 1.82) is 0 Å². The number of nitrogens with zero attached hydrogens (tertiary/aromatic N) is 1. The topological polar surface area (TPSA) is 93.5 Å². The second kappa shape index (κ2) is 10.6. The van der Waals surface area contributed by atoms with Gasteiger partial charge in [-0.25, -0.2) is 0 Å². The van der Waals surface area contributed by atoms with E-state index in [1.54, 1.807) is 42.7 Å². The number of hydrogen-bond acceptors (Lipinski definition) is 5. The van der Waals surface area contributed by atoms with Gasteiger partial charge in [0, 0.05) is 30.2 Å². The number of carbonyl (C=O) groups is 2. The van der Waals surface area contributed by atoms with Gasteiger partial charge >= 0.3 is 0 Å². The summed E-state index contributed by atoms with van der Waals surface area (Å²) in [5, 5.41) is 7.92. The summed E-state index contributed by atoms with van der Waals surface area (Å²) in [5.74, 6) is 0.918. The van der Waals surface area contributed by atoms with Crippen molar-refractivity contribution in [3.8, 4) is 5.75 Å². The van der Waals surface area contributed by atoms with E-state index in [1.165, 1.54) is 0 Å². The molecule has 0 atom stereocenters. The molecule has 0 radical (unpaired) electrons. The Bertz CT molecular complexity index is 1510. The van der Waals surface area contributed by atoms with Gasteiger partial charge in [0.2, 0.25) is 0 Å². The predicted octanol–water partition coefficient (Wildman–Crippen LogP) is 5.59. The van der Waals surface area contributed by atoms with E-state index in [2.05, 4.69) is 15.6 Å². The molecule has 0 unspecified atom stereocenters. The van der Waals surface area contributed by atoms with Crippen molar-refractivity contribution in [3.05, 3.63) is 126 Å². The summed E-state index contributed by atoms with van der Waals surface area (Å²) >= 11 is 0. The third-order valence-electron chi connectivity index (χ3n) is 5.57. The van der Waals surface area contributed by atoms with Crippen LogP contribution < -0.4 is 15.4 Å². The average molecular weight is 478 g/mol. The van der Waals surface area contributed by atoms with Crippen LogP contribution in [0.3, 0.4) is 0 Å². The molecule has 0 fully saturated rings. The van der Waals surface area contributed by atoms with Crippen LogP contribution in [0.25, 0.3) is 10.8 Å². The Morgan fingerprint density at radius 3 is 2.50 bits per heavy atom. The summed E-state index contributed by atoms with van der Waals surface area (Å²) in [7, 11) is 0. The Labute approximate surface area is 207 Å². The van der Waals surface area contributed by atoms with Crippen LogP contribution in [-0.4, -0.2) is 16.8 Å². The lowest BCUT2D eigenvalue weighted by Gasteiger charge is -2.08. The number of ether oxygens (including phenoxy) is 1. The van der Waals surface area contributed by atoms with Crippen LogP contribution in [0.15, 0.2) is 108 Å². The lowest BCUT2D eigenvalue weighted by Crippen LogP contribution is -2.22. The van der Waals surface area contributed by atoms with Crippen molar-refractivity contribution in [2.45, 2.75) is 13.2 Å². The first-order valence-corrected chi connectivity index (χ1v) is 11.4. The molecule has 0 bridgehead atoms. The summed E-state index contributed by atoms with van der Waals surface area (Å²) in [4.78, 5) is 28.8. The molecule has 0 saturated heterocycles. The number of pyridine rings is 1. The second-order valence-corrected chi connectivity index (χ2v) is 8.14. The van der Waals surface area contributed by atoms with Crippen LogP contribution in [-0.2, 0) is 13.2 Å². The quantitative estimate of drug-likeness (QED) is 0.304. The van der Waals surface area contributed by atoms with E-state index in [-0.39, 0.29) is 30.7 Å². The fraction of sp³-hybridized carbons (Fsp3) is 0.0690. The molecule has 2 N–H and O–H groups in total. The molecule has 2 amide bonds. The molecule has 5 aromatic rings. The summed E-state index contributed by atoms with van der Waals surface area (Å²) in [6, 6.07) is 27.9. The third kappa shape index (κ3) is 5.59. The smallest absolute Gasteiger partial charge is 0.287 e. The number of nitrogens with one attached hydrogen (secondary N) is 2.